The summed E-state index contributed by atoms with van der Waals surface area (Å²) in [5.41, 5.74) is 12.1. The number of para-hydroxylation sites is 2. The molecular formula is C63H39N5. The zero-order valence-electron chi connectivity index (χ0n) is 36.8. The summed E-state index contributed by atoms with van der Waals surface area (Å²) in [7, 11) is 0. The maximum atomic E-state index is 5.14. The SMILES string of the molecule is c1ccc(-c2cccc(-c3nc(-c4ccccc4)nc(-c4ccc5cc(-n6c7ccccc7c7cc8cccc(-n9c%10ccccc%10c%10c%11ccccc%11ccc%109)c8cc76)ccc5c4)n3)c2)cc1. The molecule has 0 unspecified atom stereocenters. The molecule has 68 heavy (non-hydrogen) atoms. The molecule has 0 radical (unpaired) electrons. The number of hydrogen-bond acceptors (Lipinski definition) is 3. The van der Waals surface area contributed by atoms with E-state index in [1.54, 1.807) is 0 Å². The van der Waals surface area contributed by atoms with Gasteiger partial charge in [0.2, 0.25) is 0 Å². The lowest BCUT2D eigenvalue weighted by Gasteiger charge is -2.14. The van der Waals surface area contributed by atoms with E-state index in [1.165, 1.54) is 59.6 Å². The first-order chi connectivity index (χ1) is 33.7. The van der Waals surface area contributed by atoms with Gasteiger partial charge in [0.1, 0.15) is 0 Å². The topological polar surface area (TPSA) is 48.5 Å². The lowest BCUT2D eigenvalue weighted by atomic mass is 10.0. The molecule has 0 fully saturated rings. The third kappa shape index (κ3) is 6.06. The minimum absolute atomic E-state index is 0.631. The fourth-order valence-electron chi connectivity index (χ4n) is 10.5. The van der Waals surface area contributed by atoms with Crippen molar-refractivity contribution >= 4 is 75.9 Å². The van der Waals surface area contributed by atoms with Gasteiger partial charge in [0.05, 0.1) is 27.8 Å². The zero-order chi connectivity index (χ0) is 44.7. The van der Waals surface area contributed by atoms with Crippen LogP contribution in [-0.4, -0.2) is 24.1 Å². The van der Waals surface area contributed by atoms with E-state index in [-0.39, 0.29) is 0 Å². The van der Waals surface area contributed by atoms with Gasteiger partial charge in [0.25, 0.3) is 0 Å². The van der Waals surface area contributed by atoms with Gasteiger partial charge >= 0.3 is 0 Å². The van der Waals surface area contributed by atoms with E-state index in [9.17, 15) is 0 Å². The Bertz CT molecular complexity index is 4320. The van der Waals surface area contributed by atoms with Crippen LogP contribution in [0.4, 0.5) is 0 Å². The highest BCUT2D eigenvalue weighted by atomic mass is 15.0. The van der Waals surface area contributed by atoms with Crippen LogP contribution in [0.15, 0.2) is 237 Å². The zero-order valence-corrected chi connectivity index (χ0v) is 36.8. The quantitative estimate of drug-likeness (QED) is 0.167. The predicted molar refractivity (Wildman–Crippen MR) is 283 cm³/mol. The largest absolute Gasteiger partial charge is 0.309 e. The molecule has 14 rings (SSSR count). The molecule has 0 aliphatic heterocycles. The number of benzene rings is 11. The van der Waals surface area contributed by atoms with Gasteiger partial charge in [-0.3, -0.25) is 0 Å². The van der Waals surface area contributed by atoms with E-state index in [0.717, 1.165) is 55.5 Å². The second-order valence-corrected chi connectivity index (χ2v) is 17.6. The standard InChI is InChI=1S/C63H39N5/c1-3-15-40(16-4-1)43-20-13-22-47(35-43)62-64-61(42-18-5-2-6-19-42)65-63(66-62)48-30-29-45-37-49(33-31-44(45)36-48)67-55-26-11-9-24-51(55)54-38-46-21-14-28-57(53(46)39-59(54)67)68-56-27-12-10-25-52(56)60-50-23-8-7-17-41(50)32-34-58(60)68/h1-39H. The van der Waals surface area contributed by atoms with E-state index < -0.39 is 0 Å². The molecule has 0 spiro atoms. The highest BCUT2D eigenvalue weighted by molar-refractivity contribution is 6.22. The Morgan fingerprint density at radius 2 is 0.824 bits per heavy atom. The van der Waals surface area contributed by atoms with Crippen LogP contribution in [0.2, 0.25) is 0 Å². The minimum atomic E-state index is 0.631. The van der Waals surface area contributed by atoms with Crippen molar-refractivity contribution < 1.29 is 0 Å². The number of hydrogen-bond donors (Lipinski definition) is 0. The fourth-order valence-corrected chi connectivity index (χ4v) is 10.5. The molecule has 3 aromatic heterocycles. The first-order valence-corrected chi connectivity index (χ1v) is 23.1. The lowest BCUT2D eigenvalue weighted by molar-refractivity contribution is 1.07. The van der Waals surface area contributed by atoms with Gasteiger partial charge < -0.3 is 9.13 Å². The van der Waals surface area contributed by atoms with Crippen LogP contribution >= 0.6 is 0 Å². The van der Waals surface area contributed by atoms with Crippen molar-refractivity contribution in [3.05, 3.63) is 237 Å². The molecule has 0 amide bonds. The van der Waals surface area contributed by atoms with Crippen molar-refractivity contribution in [2.45, 2.75) is 0 Å². The van der Waals surface area contributed by atoms with E-state index in [1.807, 2.05) is 24.3 Å². The van der Waals surface area contributed by atoms with Crippen LogP contribution in [0.25, 0.3) is 133 Å². The first kappa shape index (κ1) is 38.1. The minimum Gasteiger partial charge on any atom is -0.309 e. The summed E-state index contributed by atoms with van der Waals surface area (Å²) < 4.78 is 4.90. The average molecular weight is 866 g/mol. The van der Waals surface area contributed by atoms with Crippen molar-refractivity contribution in [2.24, 2.45) is 0 Å². The number of nitrogens with zero attached hydrogens (tertiary/aromatic N) is 5. The predicted octanol–water partition coefficient (Wildman–Crippen LogP) is 16.2. The van der Waals surface area contributed by atoms with Crippen molar-refractivity contribution in [1.82, 2.24) is 24.1 Å². The van der Waals surface area contributed by atoms with Crippen molar-refractivity contribution in [1.29, 1.82) is 0 Å². The van der Waals surface area contributed by atoms with Gasteiger partial charge in [-0.1, -0.05) is 176 Å². The summed E-state index contributed by atoms with van der Waals surface area (Å²) in [6, 6.07) is 84.7. The lowest BCUT2D eigenvalue weighted by Crippen LogP contribution is -2.00. The molecule has 0 saturated heterocycles. The van der Waals surface area contributed by atoms with Gasteiger partial charge in [-0.05, 0) is 98.7 Å². The second kappa shape index (κ2) is 15.2. The summed E-state index contributed by atoms with van der Waals surface area (Å²) in [5.74, 6) is 1.90. The molecular weight excluding hydrogens is 827 g/mol. The Hall–Kier alpha value is -9.19. The Morgan fingerprint density at radius 1 is 0.250 bits per heavy atom. The van der Waals surface area contributed by atoms with Gasteiger partial charge in [-0.15, -0.1) is 0 Å². The van der Waals surface area contributed by atoms with Crippen molar-refractivity contribution in [2.75, 3.05) is 0 Å². The maximum Gasteiger partial charge on any atom is 0.164 e. The van der Waals surface area contributed by atoms with Crippen LogP contribution < -0.4 is 0 Å². The molecule has 0 atom stereocenters. The molecule has 11 aromatic carbocycles. The van der Waals surface area contributed by atoms with Crippen molar-refractivity contribution in [3.63, 3.8) is 0 Å². The van der Waals surface area contributed by atoms with Gasteiger partial charge in [0, 0.05) is 49.3 Å². The van der Waals surface area contributed by atoms with E-state index in [4.69, 9.17) is 15.0 Å². The summed E-state index contributed by atoms with van der Waals surface area (Å²) in [6.07, 6.45) is 0. The Balaban J connectivity index is 0.916. The van der Waals surface area contributed by atoms with E-state index in [2.05, 4.69) is 221 Å². The molecule has 0 saturated carbocycles. The molecule has 14 aromatic rings. The molecule has 5 nitrogen and oxygen atoms in total. The highest BCUT2D eigenvalue weighted by Crippen LogP contribution is 2.41. The molecule has 316 valence electrons. The molecule has 5 heteroatoms. The molecule has 0 aliphatic rings. The van der Waals surface area contributed by atoms with Crippen LogP contribution in [0.5, 0.6) is 0 Å². The summed E-state index contributed by atoms with van der Waals surface area (Å²) in [6.45, 7) is 0. The Kier molecular flexibility index (Phi) is 8.52. The van der Waals surface area contributed by atoms with Gasteiger partial charge in [-0.2, -0.15) is 0 Å². The average Bonchev–Trinajstić information content (AvgIpc) is 3.93. The molecule has 3 heterocycles. The monoisotopic (exact) mass is 865 g/mol. The Morgan fingerprint density at radius 3 is 1.63 bits per heavy atom. The summed E-state index contributed by atoms with van der Waals surface area (Å²) in [5, 5.41) is 12.1. The highest BCUT2D eigenvalue weighted by Gasteiger charge is 2.20. The van der Waals surface area contributed by atoms with Gasteiger partial charge in [-0.25, -0.2) is 15.0 Å². The van der Waals surface area contributed by atoms with Crippen LogP contribution in [0, 0.1) is 0 Å². The fraction of sp³-hybridized carbons (Fsp3) is 0. The number of aromatic nitrogens is 5. The second-order valence-electron chi connectivity index (χ2n) is 17.6. The molecule has 0 N–H and O–H groups in total. The van der Waals surface area contributed by atoms with Crippen LogP contribution in [0.3, 0.4) is 0 Å². The number of rotatable bonds is 6. The smallest absolute Gasteiger partial charge is 0.164 e. The van der Waals surface area contributed by atoms with Gasteiger partial charge in [0.15, 0.2) is 17.5 Å². The number of fused-ring (bicyclic) bond motifs is 10. The van der Waals surface area contributed by atoms with Crippen LogP contribution in [0.1, 0.15) is 0 Å². The summed E-state index contributed by atoms with van der Waals surface area (Å²) >= 11 is 0. The van der Waals surface area contributed by atoms with E-state index in [0.29, 0.717) is 17.5 Å². The third-order valence-electron chi connectivity index (χ3n) is 13.7. The normalized spacial score (nSPS) is 11.8. The third-order valence-corrected chi connectivity index (χ3v) is 13.7. The maximum absolute atomic E-state index is 5.14. The molecule has 0 aliphatic carbocycles. The Labute approximate surface area is 391 Å². The van der Waals surface area contributed by atoms with Crippen molar-refractivity contribution in [3.8, 4) is 56.7 Å². The van der Waals surface area contributed by atoms with E-state index >= 15 is 0 Å². The first-order valence-electron chi connectivity index (χ1n) is 23.1. The molecule has 0 bridgehead atoms. The summed E-state index contributed by atoms with van der Waals surface area (Å²) in [4.78, 5) is 15.3. The van der Waals surface area contributed by atoms with Crippen LogP contribution in [-0.2, 0) is 0 Å².